The molecule has 0 aliphatic rings. The number of nitrogens with zero attached hydrogens (tertiary/aromatic N) is 1. The van der Waals surface area contributed by atoms with Crippen LogP contribution in [0.1, 0.15) is 6.92 Å². The van der Waals surface area contributed by atoms with Crippen LogP contribution in [0.5, 0.6) is 0 Å². The molecule has 1 aromatic rings. The number of hydrogen-bond donors (Lipinski definition) is 1. The van der Waals surface area contributed by atoms with E-state index in [9.17, 15) is 22.9 Å². The average Bonchev–Trinajstić information content (AvgIpc) is 2.26. The predicted octanol–water partition coefficient (Wildman–Crippen LogP) is 1.59. The summed E-state index contributed by atoms with van der Waals surface area (Å²) in [6.45, 7) is 5.02. The second kappa shape index (κ2) is 5.23. The number of benzene rings is 1. The highest BCUT2D eigenvalue weighted by molar-refractivity contribution is 7.89. The van der Waals surface area contributed by atoms with Crippen LogP contribution in [0.2, 0.25) is 0 Å². The van der Waals surface area contributed by atoms with Gasteiger partial charge in [-0.05, 0) is 13.0 Å². The van der Waals surface area contributed by atoms with Gasteiger partial charge in [-0.25, -0.2) is 17.5 Å². The highest BCUT2D eigenvalue weighted by Crippen LogP contribution is 2.20. The minimum atomic E-state index is -4.13. The van der Waals surface area contributed by atoms with Gasteiger partial charge in [-0.1, -0.05) is 12.2 Å². The second-order valence-corrected chi connectivity index (χ2v) is 5.39. The summed E-state index contributed by atoms with van der Waals surface area (Å²) in [6, 6.07) is 2.32. The SMILES string of the molecule is C=C(C)CNS(=O)(=O)c1cc([N+](=O)[O-])ccc1F. The Morgan fingerprint density at radius 1 is 1.56 bits per heavy atom. The zero-order chi connectivity index (χ0) is 13.9. The summed E-state index contributed by atoms with van der Waals surface area (Å²) in [5.74, 6) is -1.05. The van der Waals surface area contributed by atoms with Crippen LogP contribution in [0.4, 0.5) is 10.1 Å². The summed E-state index contributed by atoms with van der Waals surface area (Å²) in [7, 11) is -4.13. The lowest BCUT2D eigenvalue weighted by Gasteiger charge is -2.07. The van der Waals surface area contributed by atoms with E-state index in [1.165, 1.54) is 0 Å². The molecule has 1 rings (SSSR count). The summed E-state index contributed by atoms with van der Waals surface area (Å²) in [6.07, 6.45) is 0. The van der Waals surface area contributed by atoms with Gasteiger partial charge < -0.3 is 0 Å². The maximum absolute atomic E-state index is 13.4. The molecular weight excluding hydrogens is 263 g/mol. The second-order valence-electron chi connectivity index (χ2n) is 3.65. The summed E-state index contributed by atoms with van der Waals surface area (Å²) >= 11 is 0. The van der Waals surface area contributed by atoms with Gasteiger partial charge in [0.1, 0.15) is 10.7 Å². The fourth-order valence-corrected chi connectivity index (χ4v) is 2.30. The molecule has 0 saturated heterocycles. The highest BCUT2D eigenvalue weighted by Gasteiger charge is 2.22. The molecular formula is C10H11FN2O4S. The summed E-state index contributed by atoms with van der Waals surface area (Å²) in [4.78, 5) is 8.96. The first-order valence-electron chi connectivity index (χ1n) is 4.82. The lowest BCUT2D eigenvalue weighted by Crippen LogP contribution is -2.26. The Morgan fingerprint density at radius 3 is 2.67 bits per heavy atom. The molecule has 8 heteroatoms. The molecule has 98 valence electrons. The number of nitro groups is 1. The molecule has 0 aliphatic carbocycles. The Kier molecular flexibility index (Phi) is 4.15. The van der Waals surface area contributed by atoms with Crippen molar-refractivity contribution in [3.05, 3.63) is 46.3 Å². The average molecular weight is 274 g/mol. The van der Waals surface area contributed by atoms with E-state index in [1.54, 1.807) is 6.92 Å². The normalized spacial score (nSPS) is 11.2. The van der Waals surface area contributed by atoms with E-state index >= 15 is 0 Å². The van der Waals surface area contributed by atoms with E-state index in [0.717, 1.165) is 12.1 Å². The monoisotopic (exact) mass is 274 g/mol. The van der Waals surface area contributed by atoms with E-state index in [4.69, 9.17) is 0 Å². The molecule has 0 spiro atoms. The standard InChI is InChI=1S/C10H11FN2O4S/c1-7(2)6-12-18(16,17)10-5-8(13(14)15)3-4-9(10)11/h3-5,12H,1,6H2,2H3. The van der Waals surface area contributed by atoms with E-state index in [1.807, 2.05) is 0 Å². The Hall–Kier alpha value is -1.80. The van der Waals surface area contributed by atoms with Gasteiger partial charge in [0, 0.05) is 18.7 Å². The van der Waals surface area contributed by atoms with Crippen molar-refractivity contribution in [2.45, 2.75) is 11.8 Å². The van der Waals surface area contributed by atoms with Gasteiger partial charge in [-0.2, -0.15) is 0 Å². The van der Waals surface area contributed by atoms with Crippen molar-refractivity contribution >= 4 is 15.7 Å². The van der Waals surface area contributed by atoms with E-state index < -0.39 is 31.3 Å². The Morgan fingerprint density at radius 2 is 2.17 bits per heavy atom. The van der Waals surface area contributed by atoms with Crippen molar-refractivity contribution < 1.29 is 17.7 Å². The molecule has 0 aromatic heterocycles. The number of non-ortho nitro benzene ring substituents is 1. The molecule has 0 atom stereocenters. The predicted molar refractivity (Wildman–Crippen MR) is 63.1 cm³/mol. The van der Waals surface area contributed by atoms with E-state index in [-0.39, 0.29) is 6.54 Å². The van der Waals surface area contributed by atoms with E-state index in [2.05, 4.69) is 11.3 Å². The molecule has 18 heavy (non-hydrogen) atoms. The fraction of sp³-hybridized carbons (Fsp3) is 0.200. The third-order valence-electron chi connectivity index (χ3n) is 1.98. The lowest BCUT2D eigenvalue weighted by molar-refractivity contribution is -0.385. The van der Waals surface area contributed by atoms with Crippen molar-refractivity contribution in [2.24, 2.45) is 0 Å². The van der Waals surface area contributed by atoms with Crippen LogP contribution >= 0.6 is 0 Å². The van der Waals surface area contributed by atoms with Crippen molar-refractivity contribution in [1.82, 2.24) is 4.72 Å². The molecule has 0 aliphatic heterocycles. The fourth-order valence-electron chi connectivity index (χ4n) is 1.11. The molecule has 1 N–H and O–H groups in total. The number of rotatable bonds is 5. The number of sulfonamides is 1. The molecule has 1 aromatic carbocycles. The van der Waals surface area contributed by atoms with Crippen LogP contribution in [0.25, 0.3) is 0 Å². The summed E-state index contributed by atoms with van der Waals surface area (Å²) < 4.78 is 38.9. The molecule has 0 radical (unpaired) electrons. The van der Waals surface area contributed by atoms with Crippen molar-refractivity contribution in [2.75, 3.05) is 6.54 Å². The van der Waals surface area contributed by atoms with Crippen molar-refractivity contribution in [3.63, 3.8) is 0 Å². The molecule has 0 fully saturated rings. The number of halogens is 1. The van der Waals surface area contributed by atoms with Gasteiger partial charge in [-0.15, -0.1) is 0 Å². The summed E-state index contributed by atoms with van der Waals surface area (Å²) in [5.41, 5.74) is 0.0384. The van der Waals surface area contributed by atoms with Gasteiger partial charge >= 0.3 is 0 Å². The first-order valence-corrected chi connectivity index (χ1v) is 6.30. The maximum atomic E-state index is 13.4. The van der Waals surface area contributed by atoms with Crippen LogP contribution in [0.15, 0.2) is 35.2 Å². The molecule has 0 saturated carbocycles. The third kappa shape index (κ3) is 3.34. The van der Waals surface area contributed by atoms with Crippen LogP contribution in [-0.2, 0) is 10.0 Å². The van der Waals surface area contributed by atoms with Gasteiger partial charge in [0.05, 0.1) is 4.92 Å². The first-order chi connectivity index (χ1) is 8.24. The van der Waals surface area contributed by atoms with Crippen LogP contribution in [-0.4, -0.2) is 19.9 Å². The van der Waals surface area contributed by atoms with E-state index in [0.29, 0.717) is 11.6 Å². The van der Waals surface area contributed by atoms with Gasteiger partial charge in [0.25, 0.3) is 5.69 Å². The van der Waals surface area contributed by atoms with Crippen LogP contribution < -0.4 is 4.72 Å². The smallest absolute Gasteiger partial charge is 0.258 e. The minimum absolute atomic E-state index is 0.0650. The van der Waals surface area contributed by atoms with Crippen molar-refractivity contribution in [1.29, 1.82) is 0 Å². The number of hydrogen-bond acceptors (Lipinski definition) is 4. The molecule has 0 heterocycles. The summed E-state index contributed by atoms with van der Waals surface area (Å²) in [5, 5.41) is 10.5. The largest absolute Gasteiger partial charge is 0.270 e. The topological polar surface area (TPSA) is 89.3 Å². The zero-order valence-electron chi connectivity index (χ0n) is 9.51. The highest BCUT2D eigenvalue weighted by atomic mass is 32.2. The first kappa shape index (κ1) is 14.3. The van der Waals surface area contributed by atoms with Crippen LogP contribution in [0.3, 0.4) is 0 Å². The molecule has 6 nitrogen and oxygen atoms in total. The number of nitro benzene ring substituents is 1. The maximum Gasteiger partial charge on any atom is 0.270 e. The Labute approximate surface area is 103 Å². The van der Waals surface area contributed by atoms with Gasteiger partial charge in [-0.3, -0.25) is 10.1 Å². The molecule has 0 bridgehead atoms. The molecule has 0 amide bonds. The van der Waals surface area contributed by atoms with Crippen LogP contribution in [0, 0.1) is 15.9 Å². The number of nitrogens with one attached hydrogen (secondary N) is 1. The van der Waals surface area contributed by atoms with Crippen molar-refractivity contribution in [3.8, 4) is 0 Å². The lowest BCUT2D eigenvalue weighted by atomic mass is 10.3. The quantitative estimate of drug-likeness (QED) is 0.501. The van der Waals surface area contributed by atoms with Gasteiger partial charge in [0.15, 0.2) is 0 Å². The zero-order valence-corrected chi connectivity index (χ0v) is 10.3. The Bertz CT molecular complexity index is 598. The Balaban J connectivity index is 3.18. The minimum Gasteiger partial charge on any atom is -0.258 e. The molecule has 0 unspecified atom stereocenters. The van der Waals surface area contributed by atoms with Gasteiger partial charge in [0.2, 0.25) is 10.0 Å². The third-order valence-corrected chi connectivity index (χ3v) is 3.40.